The number of aromatic nitrogens is 2. The normalized spacial score (nSPS) is 18.6. The fourth-order valence-electron chi connectivity index (χ4n) is 3.32. The van der Waals surface area contributed by atoms with Gasteiger partial charge in [0.05, 0.1) is 5.56 Å². The van der Waals surface area contributed by atoms with E-state index in [9.17, 15) is 0 Å². The zero-order valence-corrected chi connectivity index (χ0v) is 16.1. The summed E-state index contributed by atoms with van der Waals surface area (Å²) in [5.74, 6) is 0. The minimum absolute atomic E-state index is 0.484. The van der Waals surface area contributed by atoms with Crippen molar-refractivity contribution in [1.29, 1.82) is 0 Å². The average Bonchev–Trinajstić information content (AvgIpc) is 3.25. The molecule has 1 fully saturated rings. The maximum atomic E-state index is 6.25. The maximum Gasteiger partial charge on any atom is 0.298 e. The summed E-state index contributed by atoms with van der Waals surface area (Å²) in [6.45, 7) is 1.93. The SMILES string of the molecule is CNC1CCCCN(c2nc3cc(SC)cc(-c4nccs4)c3o2)C1. The third kappa shape index (κ3) is 3.41. The number of hydrogen-bond acceptors (Lipinski definition) is 7. The van der Waals surface area contributed by atoms with Gasteiger partial charge in [-0.3, -0.25) is 0 Å². The van der Waals surface area contributed by atoms with Gasteiger partial charge in [-0.25, -0.2) is 4.98 Å². The first kappa shape index (κ1) is 16.9. The van der Waals surface area contributed by atoms with E-state index in [0.717, 1.165) is 40.8 Å². The second-order valence-electron chi connectivity index (χ2n) is 6.28. The van der Waals surface area contributed by atoms with Crippen LogP contribution in [-0.2, 0) is 0 Å². The predicted molar refractivity (Wildman–Crippen MR) is 106 cm³/mol. The predicted octanol–water partition coefficient (Wildman–Crippen LogP) is 4.25. The van der Waals surface area contributed by atoms with Gasteiger partial charge in [0, 0.05) is 35.6 Å². The van der Waals surface area contributed by atoms with Gasteiger partial charge in [0.2, 0.25) is 0 Å². The van der Waals surface area contributed by atoms with Gasteiger partial charge in [-0.05, 0) is 38.3 Å². The van der Waals surface area contributed by atoms with Crippen LogP contribution in [0.15, 0.2) is 33.0 Å². The number of benzene rings is 1. The quantitative estimate of drug-likeness (QED) is 0.689. The van der Waals surface area contributed by atoms with Crippen LogP contribution in [0.25, 0.3) is 21.7 Å². The molecule has 1 aliphatic rings. The molecule has 0 bridgehead atoms. The zero-order valence-electron chi connectivity index (χ0n) is 14.5. The van der Waals surface area contributed by atoms with E-state index < -0.39 is 0 Å². The molecule has 0 spiro atoms. The molecule has 1 aromatic carbocycles. The highest BCUT2D eigenvalue weighted by molar-refractivity contribution is 7.98. The molecular formula is C18H22N4OS2. The molecule has 1 saturated heterocycles. The lowest BCUT2D eigenvalue weighted by Gasteiger charge is -2.22. The Balaban J connectivity index is 1.77. The molecule has 1 atom stereocenters. The third-order valence-electron chi connectivity index (χ3n) is 4.70. The van der Waals surface area contributed by atoms with Crippen LogP contribution in [0.2, 0.25) is 0 Å². The van der Waals surface area contributed by atoms with E-state index in [0.29, 0.717) is 6.04 Å². The summed E-state index contributed by atoms with van der Waals surface area (Å²) in [7, 11) is 2.03. The molecule has 1 unspecified atom stereocenters. The molecule has 0 saturated carbocycles. The first-order valence-electron chi connectivity index (χ1n) is 8.59. The number of hydrogen-bond donors (Lipinski definition) is 1. The highest BCUT2D eigenvalue weighted by atomic mass is 32.2. The topological polar surface area (TPSA) is 54.2 Å². The molecule has 3 aromatic rings. The van der Waals surface area contributed by atoms with Crippen molar-refractivity contribution in [2.24, 2.45) is 0 Å². The van der Waals surface area contributed by atoms with Crippen LogP contribution < -0.4 is 10.2 Å². The monoisotopic (exact) mass is 374 g/mol. The van der Waals surface area contributed by atoms with Gasteiger partial charge in [-0.2, -0.15) is 4.98 Å². The standard InChI is InChI=1S/C18H22N4OS2/c1-19-12-5-3-4-7-22(11-12)18-21-15-10-13(24-2)9-14(16(15)23-18)17-20-6-8-25-17/h6,8-10,12,19H,3-5,7,11H2,1-2H3. The summed E-state index contributed by atoms with van der Waals surface area (Å²) >= 11 is 3.35. The average molecular weight is 375 g/mol. The second-order valence-corrected chi connectivity index (χ2v) is 8.06. The molecular weight excluding hydrogens is 352 g/mol. The van der Waals surface area contributed by atoms with Crippen LogP contribution in [0.4, 0.5) is 6.01 Å². The Hall–Kier alpha value is -1.57. The van der Waals surface area contributed by atoms with Gasteiger partial charge in [0.15, 0.2) is 5.58 Å². The van der Waals surface area contributed by atoms with E-state index >= 15 is 0 Å². The third-order valence-corrected chi connectivity index (χ3v) is 6.21. The van der Waals surface area contributed by atoms with Crippen molar-refractivity contribution < 1.29 is 4.42 Å². The van der Waals surface area contributed by atoms with Crippen LogP contribution in [0, 0.1) is 0 Å². The lowest BCUT2D eigenvalue weighted by molar-refractivity contribution is 0.511. The fraction of sp³-hybridized carbons (Fsp3) is 0.444. The summed E-state index contributed by atoms with van der Waals surface area (Å²) in [4.78, 5) is 12.8. The maximum absolute atomic E-state index is 6.25. The van der Waals surface area contributed by atoms with Crippen LogP contribution in [0.5, 0.6) is 0 Å². The molecule has 25 heavy (non-hydrogen) atoms. The van der Waals surface area contributed by atoms with E-state index in [-0.39, 0.29) is 0 Å². The minimum atomic E-state index is 0.484. The number of nitrogens with one attached hydrogen (secondary N) is 1. The number of likely N-dealkylation sites (N-methyl/N-ethyl adjacent to an activating group) is 1. The van der Waals surface area contributed by atoms with Gasteiger partial charge in [0.1, 0.15) is 10.5 Å². The smallest absolute Gasteiger partial charge is 0.298 e. The van der Waals surface area contributed by atoms with Gasteiger partial charge in [-0.1, -0.05) is 6.42 Å². The van der Waals surface area contributed by atoms with Gasteiger partial charge >= 0.3 is 0 Å². The Morgan fingerprint density at radius 2 is 2.28 bits per heavy atom. The molecule has 5 nitrogen and oxygen atoms in total. The van der Waals surface area contributed by atoms with Crippen LogP contribution in [-0.4, -0.2) is 42.4 Å². The summed E-state index contributed by atoms with van der Waals surface area (Å²) in [6.07, 6.45) is 7.53. The van der Waals surface area contributed by atoms with Crippen molar-refractivity contribution in [3.05, 3.63) is 23.7 Å². The first-order chi connectivity index (χ1) is 12.3. The van der Waals surface area contributed by atoms with Crippen molar-refractivity contribution in [3.8, 4) is 10.6 Å². The Morgan fingerprint density at radius 1 is 1.36 bits per heavy atom. The van der Waals surface area contributed by atoms with E-state index in [4.69, 9.17) is 9.40 Å². The Labute approximate surface area is 155 Å². The minimum Gasteiger partial charge on any atom is -0.423 e. The summed E-state index contributed by atoms with van der Waals surface area (Å²) in [6, 6.07) is 5.47. The summed E-state index contributed by atoms with van der Waals surface area (Å²) in [5.41, 5.74) is 2.79. The summed E-state index contributed by atoms with van der Waals surface area (Å²) in [5, 5.41) is 6.38. The lowest BCUT2D eigenvalue weighted by atomic mass is 10.1. The lowest BCUT2D eigenvalue weighted by Crippen LogP contribution is -2.38. The number of fused-ring (bicyclic) bond motifs is 1. The van der Waals surface area contributed by atoms with E-state index in [1.165, 1.54) is 24.2 Å². The van der Waals surface area contributed by atoms with Crippen LogP contribution in [0.1, 0.15) is 19.3 Å². The van der Waals surface area contributed by atoms with Crippen molar-refractivity contribution in [2.75, 3.05) is 31.3 Å². The second kappa shape index (κ2) is 7.35. The van der Waals surface area contributed by atoms with Crippen molar-refractivity contribution in [1.82, 2.24) is 15.3 Å². The molecule has 7 heteroatoms. The molecule has 1 aliphatic heterocycles. The molecule has 1 N–H and O–H groups in total. The largest absolute Gasteiger partial charge is 0.423 e. The van der Waals surface area contributed by atoms with E-state index in [1.807, 2.05) is 18.6 Å². The van der Waals surface area contributed by atoms with Crippen LogP contribution in [0.3, 0.4) is 0 Å². The van der Waals surface area contributed by atoms with Crippen molar-refractivity contribution in [3.63, 3.8) is 0 Å². The highest BCUT2D eigenvalue weighted by Crippen LogP contribution is 2.36. The van der Waals surface area contributed by atoms with Gasteiger partial charge in [-0.15, -0.1) is 23.1 Å². The number of oxazole rings is 1. The molecule has 0 amide bonds. The Morgan fingerprint density at radius 3 is 3.04 bits per heavy atom. The van der Waals surface area contributed by atoms with Crippen molar-refractivity contribution in [2.45, 2.75) is 30.2 Å². The molecule has 132 valence electrons. The van der Waals surface area contributed by atoms with Crippen molar-refractivity contribution >= 4 is 40.2 Å². The highest BCUT2D eigenvalue weighted by Gasteiger charge is 2.22. The van der Waals surface area contributed by atoms with Gasteiger partial charge < -0.3 is 14.6 Å². The molecule has 0 radical (unpaired) electrons. The van der Waals surface area contributed by atoms with Crippen LogP contribution >= 0.6 is 23.1 Å². The summed E-state index contributed by atoms with van der Waals surface area (Å²) < 4.78 is 6.25. The molecule has 4 rings (SSSR count). The van der Waals surface area contributed by atoms with E-state index in [2.05, 4.69) is 33.6 Å². The number of anilines is 1. The molecule has 0 aliphatic carbocycles. The number of thioether (sulfide) groups is 1. The van der Waals surface area contributed by atoms with Gasteiger partial charge in [0.25, 0.3) is 6.01 Å². The Kier molecular flexibility index (Phi) is 4.96. The first-order valence-corrected chi connectivity index (χ1v) is 10.7. The Bertz CT molecular complexity index is 846. The fourth-order valence-corrected chi connectivity index (χ4v) is 4.43. The number of nitrogens with zero attached hydrogens (tertiary/aromatic N) is 3. The molecule has 2 aromatic heterocycles. The molecule has 3 heterocycles. The number of thiazole rings is 1. The number of rotatable bonds is 4. The zero-order chi connectivity index (χ0) is 17.2. The van der Waals surface area contributed by atoms with E-state index in [1.54, 1.807) is 23.1 Å².